The van der Waals surface area contributed by atoms with Gasteiger partial charge in [-0.15, -0.1) is 0 Å². The fraction of sp³-hybridized carbons (Fsp3) is 0.700. The van der Waals surface area contributed by atoms with Crippen LogP contribution in [0.25, 0.3) is 0 Å². The molecular formula is C60H82F10N4O12. The normalized spacial score (nSPS) is 27.1. The van der Waals surface area contributed by atoms with Crippen molar-refractivity contribution in [2.75, 3.05) is 79.0 Å². The molecule has 0 spiro atoms. The van der Waals surface area contributed by atoms with Crippen molar-refractivity contribution in [3.8, 4) is 0 Å². The van der Waals surface area contributed by atoms with E-state index in [4.69, 9.17) is 42.6 Å². The van der Waals surface area contributed by atoms with Crippen LogP contribution in [-0.2, 0) is 55.8 Å². The lowest BCUT2D eigenvalue weighted by Crippen LogP contribution is -2.52. The monoisotopic (exact) mass is 1240 g/mol. The molecule has 484 valence electrons. The van der Waals surface area contributed by atoms with Crippen molar-refractivity contribution >= 4 is 12.2 Å². The van der Waals surface area contributed by atoms with Gasteiger partial charge in [-0.25, -0.2) is 53.5 Å². The molecule has 2 aromatic rings. The van der Waals surface area contributed by atoms with E-state index >= 15 is 0 Å². The fourth-order valence-corrected chi connectivity index (χ4v) is 13.6. The molecule has 0 radical (unpaired) electrons. The average molecular weight is 1240 g/mol. The van der Waals surface area contributed by atoms with Gasteiger partial charge < -0.3 is 68.6 Å². The molecule has 5 fully saturated rings. The molecule has 4 N–H and O–H groups in total. The molecule has 3 aliphatic carbocycles. The van der Waals surface area contributed by atoms with Crippen LogP contribution in [0.15, 0.2) is 24.7 Å². The maximum atomic E-state index is 14.9. The van der Waals surface area contributed by atoms with Crippen molar-refractivity contribution in [2.24, 2.45) is 33.5 Å². The maximum absolute atomic E-state index is 14.9. The third-order valence-corrected chi connectivity index (χ3v) is 16.5. The summed E-state index contributed by atoms with van der Waals surface area (Å²) in [5.74, 6) is -20.8. The molecule has 2 amide bonds. The summed E-state index contributed by atoms with van der Waals surface area (Å²) < 4.78 is 195. The minimum atomic E-state index is -2.35. The molecule has 86 heavy (non-hydrogen) atoms. The quantitative estimate of drug-likeness (QED) is 0.0360. The Hall–Kier alpha value is -4.96. The summed E-state index contributed by atoms with van der Waals surface area (Å²) >= 11 is 0. The second-order valence-corrected chi connectivity index (χ2v) is 26.2. The second kappa shape index (κ2) is 29.6. The molecule has 0 bridgehead atoms. The molecule has 2 heterocycles. The van der Waals surface area contributed by atoms with Gasteiger partial charge in [-0.3, -0.25) is 0 Å². The van der Waals surface area contributed by atoms with Crippen LogP contribution in [0.2, 0.25) is 0 Å². The van der Waals surface area contributed by atoms with Gasteiger partial charge in [-0.2, -0.15) is 0 Å². The minimum Gasteiger partial charge on any atom is -0.466 e. The van der Waals surface area contributed by atoms with Gasteiger partial charge in [0.1, 0.15) is 24.7 Å². The molecule has 26 heteroatoms. The summed E-state index contributed by atoms with van der Waals surface area (Å²) in [5.41, 5.74) is -3.88. The highest BCUT2D eigenvalue weighted by atomic mass is 19.2. The summed E-state index contributed by atoms with van der Waals surface area (Å²) in [5, 5.41) is 20.4. The maximum Gasteiger partial charge on any atom is 0.407 e. The van der Waals surface area contributed by atoms with E-state index in [9.17, 15) is 58.6 Å². The van der Waals surface area contributed by atoms with Crippen molar-refractivity contribution in [1.82, 2.24) is 20.9 Å². The van der Waals surface area contributed by atoms with Crippen LogP contribution in [0.3, 0.4) is 0 Å². The Morgan fingerprint density at radius 3 is 1.53 bits per heavy atom. The average Bonchev–Trinajstić information content (AvgIpc) is 1.26. The summed E-state index contributed by atoms with van der Waals surface area (Å²) in [6, 6.07) is -0.0330. The van der Waals surface area contributed by atoms with Crippen LogP contribution < -0.4 is 16.0 Å². The summed E-state index contributed by atoms with van der Waals surface area (Å²) in [6.45, 7) is 17.8. The molecule has 3 saturated carbocycles. The number of benzene rings is 2. The molecule has 5 aliphatic rings. The number of carbonyl (C=O) groups excluding carboxylic acids is 1. The number of nitrogens with one attached hydrogen (secondary N) is 3. The molecule has 10 unspecified atom stereocenters. The Kier molecular flexibility index (Phi) is 23.6. The zero-order valence-electron chi connectivity index (χ0n) is 49.7. The minimum absolute atomic E-state index is 0.0143. The molecule has 16 nitrogen and oxygen atoms in total. The van der Waals surface area contributed by atoms with Crippen LogP contribution in [0, 0.1) is 91.7 Å². The fourth-order valence-electron chi connectivity index (χ4n) is 13.6. The zero-order valence-corrected chi connectivity index (χ0v) is 49.7. The molecule has 2 aromatic carbocycles. The highest BCUT2D eigenvalue weighted by Crippen LogP contribution is 2.48. The number of carboxylic acid groups (broad SMARTS) is 1. The molecule has 7 rings (SSSR count). The van der Waals surface area contributed by atoms with E-state index in [0.29, 0.717) is 76.2 Å². The van der Waals surface area contributed by atoms with Gasteiger partial charge in [0.2, 0.25) is 24.2 Å². The SMILES string of the molecule is C=C1COC(CNC2CC(C)(C)CC(C)(CNC(=O)OC(COCc3c(F)c(F)c(F)c(F)c3F)COCC3CCCC(COCC(CN(CC4(C)CC(NCC5OCC(=C)O5)CC(C)(C)C4)C(=O)O)OCc4c(F)c(F)c(F)c(F)c4F)C3)C2)O1. The number of alkyl carbamates (subject to hydrolysis) is 1. The number of amides is 2. The van der Waals surface area contributed by atoms with Crippen LogP contribution >= 0.6 is 0 Å². The zero-order chi connectivity index (χ0) is 62.9. The number of nitrogens with zero attached hydrogens (tertiary/aromatic N) is 1. The Balaban J connectivity index is 0.965. The van der Waals surface area contributed by atoms with E-state index in [1.165, 1.54) is 0 Å². The van der Waals surface area contributed by atoms with Gasteiger partial charge >= 0.3 is 12.2 Å². The molecule has 10 atom stereocenters. The largest absolute Gasteiger partial charge is 0.466 e. The highest BCUT2D eigenvalue weighted by Gasteiger charge is 2.45. The van der Waals surface area contributed by atoms with Crippen molar-refractivity contribution in [3.05, 3.63) is 94.0 Å². The van der Waals surface area contributed by atoms with Gasteiger partial charge in [0.05, 0.1) is 69.9 Å². The number of carbonyl (C=O) groups is 2. The first-order valence-corrected chi connectivity index (χ1v) is 29.1. The van der Waals surface area contributed by atoms with Crippen molar-refractivity contribution in [3.63, 3.8) is 0 Å². The first kappa shape index (κ1) is 68.5. The van der Waals surface area contributed by atoms with E-state index in [-0.39, 0.29) is 80.9 Å². The number of hydrogen-bond donors (Lipinski definition) is 4. The van der Waals surface area contributed by atoms with Crippen LogP contribution in [0.1, 0.15) is 117 Å². The third kappa shape index (κ3) is 19.0. The second-order valence-electron chi connectivity index (χ2n) is 26.2. The van der Waals surface area contributed by atoms with Crippen molar-refractivity contribution in [2.45, 2.75) is 156 Å². The van der Waals surface area contributed by atoms with Gasteiger partial charge in [0.15, 0.2) is 52.6 Å². The first-order valence-electron chi connectivity index (χ1n) is 29.1. The van der Waals surface area contributed by atoms with Crippen molar-refractivity contribution in [1.29, 1.82) is 0 Å². The van der Waals surface area contributed by atoms with E-state index in [2.05, 4.69) is 56.8 Å². The van der Waals surface area contributed by atoms with Crippen molar-refractivity contribution < 1.29 is 101 Å². The third-order valence-electron chi connectivity index (χ3n) is 16.5. The molecule has 2 aliphatic heterocycles. The Labute approximate surface area is 495 Å². The van der Waals surface area contributed by atoms with E-state index < -0.39 is 143 Å². The van der Waals surface area contributed by atoms with Gasteiger partial charge in [-0.1, -0.05) is 61.1 Å². The predicted molar refractivity (Wildman–Crippen MR) is 291 cm³/mol. The lowest BCUT2D eigenvalue weighted by molar-refractivity contribution is -0.0600. The Morgan fingerprint density at radius 1 is 0.616 bits per heavy atom. The number of hydrogen-bond acceptors (Lipinski definition) is 13. The van der Waals surface area contributed by atoms with Gasteiger partial charge in [-0.05, 0) is 91.3 Å². The van der Waals surface area contributed by atoms with Gasteiger partial charge in [0, 0.05) is 38.4 Å². The molecular weight excluding hydrogens is 1160 g/mol. The Morgan fingerprint density at radius 2 is 1.06 bits per heavy atom. The van der Waals surface area contributed by atoms with E-state index in [0.717, 1.165) is 24.2 Å². The number of ether oxygens (including phenoxy) is 9. The smallest absolute Gasteiger partial charge is 0.407 e. The first-order chi connectivity index (χ1) is 40.4. The number of rotatable bonds is 28. The van der Waals surface area contributed by atoms with Crippen LogP contribution in [-0.4, -0.2) is 138 Å². The predicted octanol–water partition coefficient (Wildman–Crippen LogP) is 11.2. The topological polar surface area (TPSA) is 177 Å². The Bertz CT molecular complexity index is 2660. The van der Waals surface area contributed by atoms with E-state index in [1.54, 1.807) is 0 Å². The summed E-state index contributed by atoms with van der Waals surface area (Å²) in [6.07, 6.45) is 1.00. The standard InChI is InChI=1S/C60H82F10N4O12/c1-33-20-82-43(84-33)17-71-37-13-57(3,4)29-59(7,15-37)31-73-55(75)86-40(26-80-27-41-45(61)49(65)53(69)50(66)46(41)62)25-79-23-36-11-9-10-35(12-36)22-78-24-39(81-28-42-47(63)51(67)54(70)52(68)48(42)64)19-74(56(76)77)32-60(8)16-38(14-58(5,6)30-60)72-18-44-83-21-34(2)85-44/h35-40,43-44,71-72H,1-2,9-32H2,3-8H3,(H,73,75)(H,76,77). The number of halogens is 10. The molecule has 0 aromatic heterocycles. The lowest BCUT2D eigenvalue weighted by atomic mass is 9.62. The summed E-state index contributed by atoms with van der Waals surface area (Å²) in [7, 11) is 0. The van der Waals surface area contributed by atoms with Gasteiger partial charge in [0.25, 0.3) is 0 Å². The lowest BCUT2D eigenvalue weighted by Gasteiger charge is -2.48. The highest BCUT2D eigenvalue weighted by molar-refractivity contribution is 5.67. The van der Waals surface area contributed by atoms with Crippen LogP contribution in [0.5, 0.6) is 0 Å². The molecule has 2 saturated heterocycles. The van der Waals surface area contributed by atoms with E-state index in [1.807, 2.05) is 13.8 Å². The van der Waals surface area contributed by atoms with Crippen LogP contribution in [0.4, 0.5) is 53.5 Å². The summed E-state index contributed by atoms with van der Waals surface area (Å²) in [4.78, 5) is 27.6.